The molecule has 0 aromatic heterocycles. The molecule has 0 bridgehead atoms. The van der Waals surface area contributed by atoms with Crippen molar-refractivity contribution < 1.29 is 4.79 Å². The molecule has 0 aliphatic heterocycles. The fourth-order valence-electron chi connectivity index (χ4n) is 2.33. The van der Waals surface area contributed by atoms with Gasteiger partial charge < -0.3 is 9.69 Å². The summed E-state index contributed by atoms with van der Waals surface area (Å²) in [5.41, 5.74) is -0.0501. The van der Waals surface area contributed by atoms with Crippen LogP contribution in [0.4, 0.5) is 0 Å². The molecule has 0 aromatic rings. The molecule has 2 heteroatoms. The van der Waals surface area contributed by atoms with E-state index in [4.69, 9.17) is 0 Å². The zero-order valence-corrected chi connectivity index (χ0v) is 10.6. The standard InChI is InChI=1S/C13H25NO/c1-11(2)14(4)9-13(10-15)7-5-12(3)6-8-13/h10-12H,5-9H2,1-4H3. The van der Waals surface area contributed by atoms with E-state index in [9.17, 15) is 4.79 Å². The Labute approximate surface area is 94.0 Å². The van der Waals surface area contributed by atoms with Crippen molar-refractivity contribution in [3.8, 4) is 0 Å². The van der Waals surface area contributed by atoms with Crippen LogP contribution in [0.5, 0.6) is 0 Å². The lowest BCUT2D eigenvalue weighted by atomic mass is 9.71. The van der Waals surface area contributed by atoms with Gasteiger partial charge in [0.15, 0.2) is 0 Å². The Morgan fingerprint density at radius 1 is 1.40 bits per heavy atom. The van der Waals surface area contributed by atoms with Gasteiger partial charge in [0.05, 0.1) is 0 Å². The molecule has 0 aromatic carbocycles. The normalized spacial score (nSPS) is 32.3. The molecule has 0 heterocycles. The van der Waals surface area contributed by atoms with E-state index in [1.54, 1.807) is 0 Å². The maximum absolute atomic E-state index is 11.3. The topological polar surface area (TPSA) is 20.3 Å². The summed E-state index contributed by atoms with van der Waals surface area (Å²) >= 11 is 0. The van der Waals surface area contributed by atoms with Gasteiger partial charge in [0.2, 0.25) is 0 Å². The Balaban J connectivity index is 2.57. The third-order valence-corrected chi connectivity index (χ3v) is 3.97. The Hall–Kier alpha value is -0.370. The predicted molar refractivity (Wildman–Crippen MR) is 63.9 cm³/mol. The first-order valence-corrected chi connectivity index (χ1v) is 6.16. The van der Waals surface area contributed by atoms with Gasteiger partial charge >= 0.3 is 0 Å². The molecule has 0 unspecified atom stereocenters. The van der Waals surface area contributed by atoms with Crippen molar-refractivity contribution in [3.63, 3.8) is 0 Å². The molecule has 0 atom stereocenters. The quantitative estimate of drug-likeness (QED) is 0.666. The second-order valence-electron chi connectivity index (χ2n) is 5.67. The highest BCUT2D eigenvalue weighted by Gasteiger charge is 2.35. The molecule has 1 saturated carbocycles. The lowest BCUT2D eigenvalue weighted by molar-refractivity contribution is -0.119. The van der Waals surface area contributed by atoms with Crippen LogP contribution in [-0.4, -0.2) is 30.8 Å². The number of carbonyl (C=O) groups excluding carboxylic acids is 1. The maximum Gasteiger partial charge on any atom is 0.127 e. The molecule has 88 valence electrons. The van der Waals surface area contributed by atoms with Crippen LogP contribution in [0, 0.1) is 11.3 Å². The van der Waals surface area contributed by atoms with Crippen LogP contribution in [0.15, 0.2) is 0 Å². The number of hydrogen-bond acceptors (Lipinski definition) is 2. The van der Waals surface area contributed by atoms with Crippen LogP contribution in [0.3, 0.4) is 0 Å². The molecule has 0 amide bonds. The Morgan fingerprint density at radius 3 is 2.33 bits per heavy atom. The van der Waals surface area contributed by atoms with Crippen LogP contribution in [-0.2, 0) is 4.79 Å². The van der Waals surface area contributed by atoms with E-state index in [2.05, 4.69) is 32.7 Å². The summed E-state index contributed by atoms with van der Waals surface area (Å²) in [4.78, 5) is 13.6. The SMILES string of the molecule is CC1CCC(C=O)(CN(C)C(C)C)CC1. The highest BCUT2D eigenvalue weighted by molar-refractivity contribution is 5.60. The van der Waals surface area contributed by atoms with Crippen molar-refractivity contribution in [1.29, 1.82) is 0 Å². The van der Waals surface area contributed by atoms with Gasteiger partial charge in [-0.2, -0.15) is 0 Å². The third kappa shape index (κ3) is 3.30. The van der Waals surface area contributed by atoms with E-state index in [1.807, 2.05) is 0 Å². The van der Waals surface area contributed by atoms with Gasteiger partial charge in [0, 0.05) is 18.0 Å². The molecule has 1 aliphatic carbocycles. The fourth-order valence-corrected chi connectivity index (χ4v) is 2.33. The van der Waals surface area contributed by atoms with Crippen LogP contribution in [0.1, 0.15) is 46.5 Å². The molecular weight excluding hydrogens is 186 g/mol. The summed E-state index contributed by atoms with van der Waals surface area (Å²) in [6.45, 7) is 7.59. The van der Waals surface area contributed by atoms with Gasteiger partial charge in [0.25, 0.3) is 0 Å². The average Bonchev–Trinajstić information content (AvgIpc) is 2.21. The Kier molecular flexibility index (Phi) is 4.32. The van der Waals surface area contributed by atoms with E-state index in [-0.39, 0.29) is 5.41 Å². The molecule has 0 radical (unpaired) electrons. The molecular formula is C13H25NO. The first-order chi connectivity index (χ1) is 6.99. The van der Waals surface area contributed by atoms with Crippen LogP contribution in [0.2, 0.25) is 0 Å². The minimum Gasteiger partial charge on any atom is -0.303 e. The minimum absolute atomic E-state index is 0.0501. The van der Waals surface area contributed by atoms with Crippen molar-refractivity contribution in [1.82, 2.24) is 4.90 Å². The first kappa shape index (κ1) is 12.7. The second kappa shape index (κ2) is 5.11. The van der Waals surface area contributed by atoms with E-state index < -0.39 is 0 Å². The summed E-state index contributed by atoms with van der Waals surface area (Å²) < 4.78 is 0. The summed E-state index contributed by atoms with van der Waals surface area (Å²) in [5.74, 6) is 0.808. The van der Waals surface area contributed by atoms with Gasteiger partial charge in [-0.1, -0.05) is 6.92 Å². The second-order valence-corrected chi connectivity index (χ2v) is 5.67. The zero-order valence-electron chi connectivity index (χ0n) is 10.6. The summed E-state index contributed by atoms with van der Waals surface area (Å²) in [6.07, 6.45) is 5.80. The van der Waals surface area contributed by atoms with Crippen molar-refractivity contribution in [2.75, 3.05) is 13.6 Å². The number of rotatable bonds is 4. The summed E-state index contributed by atoms with van der Waals surface area (Å²) in [5, 5.41) is 0. The van der Waals surface area contributed by atoms with Crippen molar-refractivity contribution >= 4 is 6.29 Å². The summed E-state index contributed by atoms with van der Waals surface area (Å²) in [6, 6.07) is 0.529. The first-order valence-electron chi connectivity index (χ1n) is 6.16. The average molecular weight is 211 g/mol. The third-order valence-electron chi connectivity index (χ3n) is 3.97. The molecule has 1 fully saturated rings. The van der Waals surface area contributed by atoms with Gasteiger partial charge in [-0.05, 0) is 52.5 Å². The number of hydrogen-bond donors (Lipinski definition) is 0. The van der Waals surface area contributed by atoms with Crippen LogP contribution in [0.25, 0.3) is 0 Å². The molecule has 15 heavy (non-hydrogen) atoms. The monoisotopic (exact) mass is 211 g/mol. The maximum atomic E-state index is 11.3. The fraction of sp³-hybridized carbons (Fsp3) is 0.923. The van der Waals surface area contributed by atoms with Crippen molar-refractivity contribution in [2.24, 2.45) is 11.3 Å². The van der Waals surface area contributed by atoms with E-state index >= 15 is 0 Å². The minimum atomic E-state index is -0.0501. The van der Waals surface area contributed by atoms with Crippen LogP contribution < -0.4 is 0 Å². The molecule has 0 spiro atoms. The lowest BCUT2D eigenvalue weighted by Crippen LogP contribution is -2.42. The number of nitrogens with zero attached hydrogens (tertiary/aromatic N) is 1. The van der Waals surface area contributed by atoms with Crippen LogP contribution >= 0.6 is 0 Å². The smallest absolute Gasteiger partial charge is 0.127 e. The highest BCUT2D eigenvalue weighted by atomic mass is 16.1. The van der Waals surface area contributed by atoms with E-state index in [0.717, 1.165) is 25.3 Å². The van der Waals surface area contributed by atoms with Gasteiger partial charge in [0.1, 0.15) is 6.29 Å². The Morgan fingerprint density at radius 2 is 1.93 bits per heavy atom. The number of aldehydes is 1. The Bertz CT molecular complexity index is 205. The number of carbonyl (C=O) groups is 1. The molecule has 1 rings (SSSR count). The molecule has 0 N–H and O–H groups in total. The molecule has 0 saturated heterocycles. The van der Waals surface area contributed by atoms with E-state index in [0.29, 0.717) is 6.04 Å². The van der Waals surface area contributed by atoms with Gasteiger partial charge in [-0.3, -0.25) is 0 Å². The van der Waals surface area contributed by atoms with Crippen molar-refractivity contribution in [2.45, 2.75) is 52.5 Å². The predicted octanol–water partition coefficient (Wildman–Crippen LogP) is 2.72. The zero-order chi connectivity index (χ0) is 11.5. The lowest BCUT2D eigenvalue weighted by Gasteiger charge is -2.38. The highest BCUT2D eigenvalue weighted by Crippen LogP contribution is 2.37. The van der Waals surface area contributed by atoms with E-state index in [1.165, 1.54) is 19.1 Å². The van der Waals surface area contributed by atoms with Gasteiger partial charge in [-0.15, -0.1) is 0 Å². The largest absolute Gasteiger partial charge is 0.303 e. The van der Waals surface area contributed by atoms with Gasteiger partial charge in [-0.25, -0.2) is 0 Å². The molecule has 1 aliphatic rings. The summed E-state index contributed by atoms with van der Waals surface area (Å²) in [7, 11) is 2.12. The van der Waals surface area contributed by atoms with Crippen molar-refractivity contribution in [3.05, 3.63) is 0 Å². The molecule has 2 nitrogen and oxygen atoms in total.